The molecule has 0 atom stereocenters. The first-order valence-corrected chi connectivity index (χ1v) is 10.1. The second-order valence-electron chi connectivity index (χ2n) is 8.28. The molecule has 3 N–H and O–H groups in total. The minimum atomic E-state index is -0.334. The number of aromatic nitrogens is 1. The maximum Gasteiger partial charge on any atom is 0.496 e. The van der Waals surface area contributed by atoms with E-state index in [1.807, 2.05) is 6.20 Å². The number of piperazine rings is 2. The van der Waals surface area contributed by atoms with E-state index in [-0.39, 0.29) is 18.3 Å². The normalized spacial score (nSPS) is 24.3. The molecule has 3 saturated heterocycles. The van der Waals surface area contributed by atoms with Crippen LogP contribution in [-0.4, -0.2) is 75.7 Å². The van der Waals surface area contributed by atoms with E-state index >= 15 is 0 Å². The zero-order valence-electron chi connectivity index (χ0n) is 17.2. The zero-order valence-corrected chi connectivity index (χ0v) is 17.2. The first-order chi connectivity index (χ1) is 12.9. The molecule has 0 saturated carbocycles. The molecule has 3 aliphatic rings. The Balaban J connectivity index is 0.000000299. The molecule has 1 aromatic rings. The lowest BCUT2D eigenvalue weighted by Crippen LogP contribution is -2.44. The summed E-state index contributed by atoms with van der Waals surface area (Å²) in [5.74, 6) is 1.02. The van der Waals surface area contributed by atoms with E-state index in [2.05, 4.69) is 65.7 Å². The first kappa shape index (κ1) is 20.5. The van der Waals surface area contributed by atoms with Gasteiger partial charge in [0.05, 0.1) is 11.2 Å². The third-order valence-electron chi connectivity index (χ3n) is 5.69. The fourth-order valence-electron chi connectivity index (χ4n) is 3.20. The van der Waals surface area contributed by atoms with E-state index in [1.165, 1.54) is 0 Å². The molecule has 27 heavy (non-hydrogen) atoms. The maximum atomic E-state index is 6.05. The zero-order chi connectivity index (χ0) is 19.3. The van der Waals surface area contributed by atoms with Gasteiger partial charge in [-0.3, -0.25) is 0 Å². The number of pyridine rings is 1. The van der Waals surface area contributed by atoms with Gasteiger partial charge in [-0.15, -0.1) is 0 Å². The predicted molar refractivity (Wildman–Crippen MR) is 111 cm³/mol. The lowest BCUT2D eigenvalue weighted by molar-refractivity contribution is 0.00578. The lowest BCUT2D eigenvalue weighted by Gasteiger charge is -2.32. The molecule has 4 rings (SSSR count). The van der Waals surface area contributed by atoms with Crippen LogP contribution in [0.1, 0.15) is 27.7 Å². The highest BCUT2D eigenvalue weighted by Crippen LogP contribution is 2.36. The van der Waals surface area contributed by atoms with Crippen LogP contribution in [0.25, 0.3) is 0 Å². The van der Waals surface area contributed by atoms with E-state index in [4.69, 9.17) is 9.31 Å². The van der Waals surface area contributed by atoms with Gasteiger partial charge in [0.1, 0.15) is 5.82 Å². The molecule has 1 aromatic heterocycles. The van der Waals surface area contributed by atoms with Crippen molar-refractivity contribution in [2.24, 2.45) is 0 Å². The summed E-state index contributed by atoms with van der Waals surface area (Å²) in [5, 5.41) is 9.79. The fraction of sp³-hybridized carbons (Fsp3) is 0.737. The maximum absolute atomic E-state index is 6.05. The molecule has 0 unspecified atom stereocenters. The second-order valence-corrected chi connectivity index (χ2v) is 8.28. The highest BCUT2D eigenvalue weighted by molar-refractivity contribution is 6.62. The fourth-order valence-corrected chi connectivity index (χ4v) is 3.20. The van der Waals surface area contributed by atoms with Crippen molar-refractivity contribution in [3.8, 4) is 0 Å². The van der Waals surface area contributed by atoms with Crippen molar-refractivity contribution in [3.05, 3.63) is 18.3 Å². The SMILES string of the molecule is C1CNCCN1.CC1(C)OB(c2ccc(N3CCNCC3)nc2)OC1(C)C. The molecule has 0 aromatic carbocycles. The highest BCUT2D eigenvalue weighted by atomic mass is 16.7. The van der Waals surface area contributed by atoms with Crippen molar-refractivity contribution in [1.29, 1.82) is 0 Å². The van der Waals surface area contributed by atoms with Gasteiger partial charge in [-0.25, -0.2) is 4.98 Å². The lowest BCUT2D eigenvalue weighted by atomic mass is 9.80. The monoisotopic (exact) mass is 375 g/mol. The Morgan fingerprint density at radius 2 is 1.37 bits per heavy atom. The average molecular weight is 375 g/mol. The van der Waals surface area contributed by atoms with Crippen LogP contribution in [0.15, 0.2) is 18.3 Å². The van der Waals surface area contributed by atoms with Gasteiger partial charge in [-0.05, 0) is 33.8 Å². The van der Waals surface area contributed by atoms with Gasteiger partial charge in [-0.2, -0.15) is 0 Å². The highest BCUT2D eigenvalue weighted by Gasteiger charge is 2.51. The van der Waals surface area contributed by atoms with Gasteiger partial charge in [0.2, 0.25) is 0 Å². The molecular formula is C19H34BN5O2. The quantitative estimate of drug-likeness (QED) is 0.627. The second kappa shape index (κ2) is 8.88. The average Bonchev–Trinajstić information content (AvgIpc) is 2.92. The van der Waals surface area contributed by atoms with E-state index < -0.39 is 0 Å². The van der Waals surface area contributed by atoms with Crippen molar-refractivity contribution < 1.29 is 9.31 Å². The van der Waals surface area contributed by atoms with Crippen LogP contribution in [-0.2, 0) is 9.31 Å². The molecule has 0 radical (unpaired) electrons. The Labute approximate surface area is 163 Å². The van der Waals surface area contributed by atoms with Gasteiger partial charge in [0, 0.05) is 64.0 Å². The number of nitrogens with zero attached hydrogens (tertiary/aromatic N) is 2. The number of nitrogens with one attached hydrogen (secondary N) is 3. The van der Waals surface area contributed by atoms with Crippen LogP contribution in [0.2, 0.25) is 0 Å². The molecule has 0 amide bonds. The Morgan fingerprint density at radius 3 is 1.81 bits per heavy atom. The van der Waals surface area contributed by atoms with E-state index in [9.17, 15) is 0 Å². The van der Waals surface area contributed by atoms with Gasteiger partial charge >= 0.3 is 7.12 Å². The molecule has 0 aliphatic carbocycles. The van der Waals surface area contributed by atoms with Crippen molar-refractivity contribution >= 4 is 18.4 Å². The van der Waals surface area contributed by atoms with Crippen molar-refractivity contribution in [1.82, 2.24) is 20.9 Å². The molecular weight excluding hydrogens is 341 g/mol. The van der Waals surface area contributed by atoms with Crippen molar-refractivity contribution in [2.75, 3.05) is 57.3 Å². The third kappa shape index (κ3) is 5.21. The smallest absolute Gasteiger partial charge is 0.399 e. The molecule has 0 bridgehead atoms. The summed E-state index contributed by atoms with van der Waals surface area (Å²) in [6.07, 6.45) is 1.87. The Kier molecular flexibility index (Phi) is 6.76. The van der Waals surface area contributed by atoms with Gasteiger partial charge < -0.3 is 30.2 Å². The Bertz CT molecular complexity index is 559. The number of anilines is 1. The van der Waals surface area contributed by atoms with Crippen LogP contribution in [0.5, 0.6) is 0 Å². The molecule has 4 heterocycles. The number of rotatable bonds is 2. The summed E-state index contributed by atoms with van der Waals surface area (Å²) in [6, 6.07) is 4.12. The van der Waals surface area contributed by atoms with Crippen molar-refractivity contribution in [2.45, 2.75) is 38.9 Å². The van der Waals surface area contributed by atoms with E-state index in [0.29, 0.717) is 0 Å². The van der Waals surface area contributed by atoms with Crippen LogP contribution < -0.4 is 26.3 Å². The van der Waals surface area contributed by atoms with E-state index in [0.717, 1.165) is 63.6 Å². The topological polar surface area (TPSA) is 70.7 Å². The minimum Gasteiger partial charge on any atom is -0.399 e. The minimum absolute atomic E-state index is 0.311. The molecule has 7 nitrogen and oxygen atoms in total. The van der Waals surface area contributed by atoms with Crippen LogP contribution in [0.3, 0.4) is 0 Å². The van der Waals surface area contributed by atoms with Gasteiger partial charge in [-0.1, -0.05) is 6.07 Å². The Morgan fingerprint density at radius 1 is 0.852 bits per heavy atom. The Hall–Kier alpha value is -1.19. The summed E-state index contributed by atoms with van der Waals surface area (Å²) < 4.78 is 12.1. The number of hydrogen-bond acceptors (Lipinski definition) is 7. The molecule has 0 spiro atoms. The van der Waals surface area contributed by atoms with Crippen LogP contribution in [0, 0.1) is 0 Å². The van der Waals surface area contributed by atoms with E-state index in [1.54, 1.807) is 0 Å². The van der Waals surface area contributed by atoms with Crippen LogP contribution >= 0.6 is 0 Å². The number of hydrogen-bond donors (Lipinski definition) is 3. The molecule has 3 fully saturated rings. The molecule has 150 valence electrons. The standard InChI is InChI=1S/C15H24BN3O2.C4H10N2/c1-14(2)15(3,4)21-16(20-14)12-5-6-13(18-11-12)19-9-7-17-8-10-19;1-2-6-4-3-5-1/h5-6,11,17H,7-10H2,1-4H3;5-6H,1-4H2. The van der Waals surface area contributed by atoms with Crippen molar-refractivity contribution in [3.63, 3.8) is 0 Å². The van der Waals surface area contributed by atoms with Crippen LogP contribution in [0.4, 0.5) is 5.82 Å². The summed E-state index contributed by atoms with van der Waals surface area (Å²) in [4.78, 5) is 6.88. The summed E-state index contributed by atoms with van der Waals surface area (Å²) in [7, 11) is -0.334. The molecule has 3 aliphatic heterocycles. The van der Waals surface area contributed by atoms with Gasteiger partial charge in [0.25, 0.3) is 0 Å². The first-order valence-electron chi connectivity index (χ1n) is 10.1. The summed E-state index contributed by atoms with van der Waals surface area (Å²) in [6.45, 7) is 16.9. The third-order valence-corrected chi connectivity index (χ3v) is 5.69. The predicted octanol–water partition coefficient (Wildman–Crippen LogP) is -0.0304. The summed E-state index contributed by atoms with van der Waals surface area (Å²) >= 11 is 0. The largest absolute Gasteiger partial charge is 0.496 e. The van der Waals surface area contributed by atoms with Gasteiger partial charge in [0.15, 0.2) is 0 Å². The molecule has 8 heteroatoms. The summed E-state index contributed by atoms with van der Waals surface area (Å²) in [5.41, 5.74) is 0.358.